The number of thioether (sulfide) groups is 1. The Labute approximate surface area is 167 Å². The number of ketones is 1. The first kappa shape index (κ1) is 18.6. The number of rotatable bonds is 7. The molecule has 0 saturated heterocycles. The lowest BCUT2D eigenvalue weighted by Gasteiger charge is -2.17. The lowest BCUT2D eigenvalue weighted by Crippen LogP contribution is -2.32. The summed E-state index contributed by atoms with van der Waals surface area (Å²) in [6.07, 6.45) is 5.89. The zero-order valence-corrected chi connectivity index (χ0v) is 17.2. The van der Waals surface area contributed by atoms with Crippen LogP contribution in [0.4, 0.5) is 5.13 Å². The molecule has 4 rings (SSSR count). The molecule has 0 unspecified atom stereocenters. The van der Waals surface area contributed by atoms with E-state index in [1.165, 1.54) is 40.6 Å². The second-order valence-electron chi connectivity index (χ2n) is 7.16. The normalized spacial score (nSPS) is 16.8. The van der Waals surface area contributed by atoms with Gasteiger partial charge in [-0.3, -0.25) is 14.5 Å². The number of aromatic nitrogens is 2. The summed E-state index contributed by atoms with van der Waals surface area (Å²) in [4.78, 5) is 26.8. The fourth-order valence-corrected chi connectivity index (χ4v) is 5.63. The van der Waals surface area contributed by atoms with E-state index in [0.29, 0.717) is 11.6 Å². The minimum Gasteiger partial charge on any atom is -0.293 e. The van der Waals surface area contributed by atoms with Crippen molar-refractivity contribution in [2.75, 3.05) is 4.90 Å². The second-order valence-corrected chi connectivity index (χ2v) is 9.70. The van der Waals surface area contributed by atoms with Crippen LogP contribution in [0.1, 0.15) is 61.0 Å². The third-order valence-corrected chi connectivity index (χ3v) is 7.22. The Morgan fingerprint density at radius 1 is 1.26 bits per heavy atom. The van der Waals surface area contributed by atoms with Crippen LogP contribution in [0.5, 0.6) is 0 Å². The van der Waals surface area contributed by atoms with Gasteiger partial charge in [0.25, 0.3) is 0 Å². The number of carbonyl (C=O) groups excluding carboxylic acids is 2. The number of fused-ring (bicyclic) bond motifs is 1. The molecule has 1 aromatic carbocycles. The number of aryl methyl sites for hydroxylation is 2. The van der Waals surface area contributed by atoms with Crippen LogP contribution in [0.15, 0.2) is 22.5 Å². The van der Waals surface area contributed by atoms with Crippen molar-refractivity contribution in [2.24, 2.45) is 0 Å². The van der Waals surface area contributed by atoms with Crippen molar-refractivity contribution in [3.63, 3.8) is 0 Å². The number of hydrogen-bond donors (Lipinski definition) is 0. The van der Waals surface area contributed by atoms with Crippen molar-refractivity contribution in [3.05, 3.63) is 34.9 Å². The van der Waals surface area contributed by atoms with Crippen molar-refractivity contribution >= 4 is 39.9 Å². The monoisotopic (exact) mass is 401 g/mol. The molecular weight excluding hydrogens is 378 g/mol. The van der Waals surface area contributed by atoms with E-state index in [0.717, 1.165) is 35.6 Å². The van der Waals surface area contributed by atoms with Gasteiger partial charge in [-0.15, -0.1) is 10.2 Å². The Balaban J connectivity index is 1.45. The van der Waals surface area contributed by atoms with E-state index in [2.05, 4.69) is 22.3 Å². The molecule has 0 radical (unpaired) electrons. The Kier molecular flexibility index (Phi) is 5.32. The van der Waals surface area contributed by atoms with Gasteiger partial charge in [0.2, 0.25) is 11.0 Å². The summed E-state index contributed by atoms with van der Waals surface area (Å²) in [5.41, 5.74) is 3.47. The van der Waals surface area contributed by atoms with E-state index < -0.39 is 0 Å². The average Bonchev–Trinajstić information content (AvgIpc) is 3.21. The molecule has 0 aliphatic heterocycles. The van der Waals surface area contributed by atoms with Crippen molar-refractivity contribution in [1.82, 2.24) is 10.2 Å². The molecule has 2 aromatic rings. The molecule has 27 heavy (non-hydrogen) atoms. The van der Waals surface area contributed by atoms with Gasteiger partial charge in [0.15, 0.2) is 10.1 Å². The first-order valence-corrected chi connectivity index (χ1v) is 11.2. The Morgan fingerprint density at radius 3 is 2.78 bits per heavy atom. The number of amides is 1. The minimum atomic E-state index is -0.235. The summed E-state index contributed by atoms with van der Waals surface area (Å²) in [5, 5.41) is 8.87. The van der Waals surface area contributed by atoms with Crippen molar-refractivity contribution < 1.29 is 9.59 Å². The van der Waals surface area contributed by atoms with E-state index in [1.807, 2.05) is 19.9 Å². The Hall–Kier alpha value is -1.73. The predicted octanol–water partition coefficient (Wildman–Crippen LogP) is 4.30. The third kappa shape index (κ3) is 3.94. The van der Waals surface area contributed by atoms with Crippen molar-refractivity contribution in [1.29, 1.82) is 0 Å². The number of Topliss-reactive ketones (excluding diaryl/α,β-unsaturated/α-hetero) is 1. The fourth-order valence-electron chi connectivity index (χ4n) is 3.48. The topological polar surface area (TPSA) is 63.2 Å². The van der Waals surface area contributed by atoms with Crippen LogP contribution < -0.4 is 4.90 Å². The summed E-state index contributed by atoms with van der Waals surface area (Å²) >= 11 is 2.83. The van der Waals surface area contributed by atoms with Gasteiger partial charge in [-0.05, 0) is 56.2 Å². The summed E-state index contributed by atoms with van der Waals surface area (Å²) in [6, 6.07) is 6.37. The number of nitrogens with zero attached hydrogens (tertiary/aromatic N) is 3. The molecule has 1 amide bonds. The van der Waals surface area contributed by atoms with Gasteiger partial charge in [0.1, 0.15) is 0 Å². The first-order chi connectivity index (χ1) is 13.1. The first-order valence-electron chi connectivity index (χ1n) is 9.55. The molecule has 2 aliphatic carbocycles. The fraction of sp³-hybridized carbons (Fsp3) is 0.500. The van der Waals surface area contributed by atoms with Gasteiger partial charge >= 0.3 is 0 Å². The molecule has 5 nitrogen and oxygen atoms in total. The maximum absolute atomic E-state index is 12.8. The lowest BCUT2D eigenvalue weighted by molar-refractivity contribution is -0.118. The molecule has 2 aliphatic rings. The van der Waals surface area contributed by atoms with Gasteiger partial charge in [-0.25, -0.2) is 0 Å². The molecule has 0 spiro atoms. The van der Waals surface area contributed by atoms with Crippen LogP contribution >= 0.6 is 23.1 Å². The summed E-state index contributed by atoms with van der Waals surface area (Å²) in [7, 11) is 0. The van der Waals surface area contributed by atoms with Gasteiger partial charge < -0.3 is 0 Å². The van der Waals surface area contributed by atoms with E-state index >= 15 is 0 Å². The van der Waals surface area contributed by atoms with E-state index in [9.17, 15) is 9.59 Å². The highest BCUT2D eigenvalue weighted by molar-refractivity contribution is 8.02. The van der Waals surface area contributed by atoms with E-state index in [4.69, 9.17) is 0 Å². The van der Waals surface area contributed by atoms with E-state index in [1.54, 1.807) is 4.90 Å². The standard InChI is InChI=1S/C20H23N3O2S2/c1-3-17(24)23(16-9-10-16)19-21-22-20(27-19)26-12(2)18(25)15-8-7-13-5-4-6-14(13)11-15/h7-8,11-12,16H,3-6,9-10H2,1-2H3/t12-/m0/s1. The second kappa shape index (κ2) is 7.72. The highest BCUT2D eigenvalue weighted by Crippen LogP contribution is 2.37. The largest absolute Gasteiger partial charge is 0.293 e. The Bertz CT molecular complexity index is 876. The average molecular weight is 402 g/mol. The molecule has 0 bridgehead atoms. The Morgan fingerprint density at radius 2 is 2.04 bits per heavy atom. The number of benzene rings is 1. The van der Waals surface area contributed by atoms with Crippen LogP contribution in [0, 0.1) is 0 Å². The van der Waals surface area contributed by atoms with Gasteiger partial charge in [0, 0.05) is 18.0 Å². The number of anilines is 1. The SMILES string of the molecule is CCC(=O)N(c1nnc(S[C@@H](C)C(=O)c2ccc3c(c2)CCC3)s1)C1CC1. The molecule has 1 fully saturated rings. The van der Waals surface area contributed by atoms with Crippen molar-refractivity contribution in [3.8, 4) is 0 Å². The summed E-state index contributed by atoms with van der Waals surface area (Å²) < 4.78 is 0.738. The molecule has 1 aromatic heterocycles. The number of carbonyl (C=O) groups is 2. The molecular formula is C20H23N3O2S2. The molecule has 142 valence electrons. The van der Waals surface area contributed by atoms with Crippen LogP contribution in [0.3, 0.4) is 0 Å². The lowest BCUT2D eigenvalue weighted by atomic mass is 10.0. The van der Waals surface area contributed by atoms with Gasteiger partial charge in [-0.2, -0.15) is 0 Å². The zero-order chi connectivity index (χ0) is 19.0. The molecule has 1 atom stereocenters. The van der Waals surface area contributed by atoms with Crippen LogP contribution in [-0.4, -0.2) is 33.2 Å². The zero-order valence-electron chi connectivity index (χ0n) is 15.6. The predicted molar refractivity (Wildman–Crippen MR) is 109 cm³/mol. The van der Waals surface area contributed by atoms with Crippen molar-refractivity contribution in [2.45, 2.75) is 68.0 Å². The molecule has 0 N–H and O–H groups in total. The summed E-state index contributed by atoms with van der Waals surface area (Å²) in [5.74, 6) is 0.211. The summed E-state index contributed by atoms with van der Waals surface area (Å²) in [6.45, 7) is 3.78. The van der Waals surface area contributed by atoms with Crippen LogP contribution in [0.2, 0.25) is 0 Å². The number of hydrogen-bond acceptors (Lipinski definition) is 6. The van der Waals surface area contributed by atoms with Crippen LogP contribution in [0.25, 0.3) is 0 Å². The molecule has 7 heteroatoms. The highest BCUT2D eigenvalue weighted by atomic mass is 32.2. The molecule has 1 saturated carbocycles. The quantitative estimate of drug-likeness (QED) is 0.393. The maximum atomic E-state index is 12.8. The van der Waals surface area contributed by atoms with E-state index in [-0.39, 0.29) is 23.0 Å². The van der Waals surface area contributed by atoms with Crippen LogP contribution in [-0.2, 0) is 17.6 Å². The van der Waals surface area contributed by atoms with Gasteiger partial charge in [0.05, 0.1) is 5.25 Å². The van der Waals surface area contributed by atoms with Gasteiger partial charge in [-0.1, -0.05) is 42.2 Å². The minimum absolute atomic E-state index is 0.0902. The smallest absolute Gasteiger partial charge is 0.228 e. The maximum Gasteiger partial charge on any atom is 0.228 e. The third-order valence-electron chi connectivity index (χ3n) is 5.11. The highest BCUT2D eigenvalue weighted by Gasteiger charge is 2.35. The molecule has 1 heterocycles.